The van der Waals surface area contributed by atoms with Crippen molar-refractivity contribution in [1.82, 2.24) is 35.1 Å². The number of carbonyl (C=O) groups is 2. The summed E-state index contributed by atoms with van der Waals surface area (Å²) in [7, 11) is 3.53. The van der Waals surface area contributed by atoms with Crippen LogP contribution in [0.4, 0.5) is 4.79 Å². The highest BCUT2D eigenvalue weighted by Crippen LogP contribution is 2.42. The number of methoxy groups -OCH3 is 1. The van der Waals surface area contributed by atoms with Crippen molar-refractivity contribution in [2.75, 3.05) is 20.2 Å². The maximum absolute atomic E-state index is 12.2. The number of nitrogens with zero attached hydrogens (tertiary/aromatic N) is 5. The molecule has 0 radical (unpaired) electrons. The molecule has 2 amide bonds. The third-order valence-electron chi connectivity index (χ3n) is 8.99. The fraction of sp³-hybridized carbons (Fsp3) is 0.359. The van der Waals surface area contributed by atoms with Gasteiger partial charge in [-0.3, -0.25) is 19.7 Å². The van der Waals surface area contributed by atoms with Crippen molar-refractivity contribution in [3.05, 3.63) is 82.2 Å². The Morgan fingerprint density at radius 2 is 1.71 bits per heavy atom. The average molecular weight is 745 g/mol. The molecule has 0 bridgehead atoms. The first kappa shape index (κ1) is 37.1. The first-order chi connectivity index (χ1) is 24.8. The Morgan fingerprint density at radius 3 is 2.42 bits per heavy atom. The molecule has 0 atom stereocenters. The maximum Gasteiger partial charge on any atom is 0.407 e. The van der Waals surface area contributed by atoms with Crippen molar-refractivity contribution in [1.29, 1.82) is 0 Å². The Hall–Kier alpha value is -4.71. The zero-order valence-electron chi connectivity index (χ0n) is 30.2. The van der Waals surface area contributed by atoms with Gasteiger partial charge in [0.15, 0.2) is 0 Å². The number of aromatic nitrogens is 4. The van der Waals surface area contributed by atoms with Gasteiger partial charge in [0.2, 0.25) is 11.8 Å². The van der Waals surface area contributed by atoms with E-state index in [1.54, 1.807) is 19.2 Å². The Balaban J connectivity index is 1.24. The molecule has 1 aliphatic heterocycles. The number of hydrogen-bond acceptors (Lipinski definition) is 8. The lowest BCUT2D eigenvalue weighted by Crippen LogP contribution is -2.43. The second-order valence-electron chi connectivity index (χ2n) is 14.1. The predicted molar refractivity (Wildman–Crippen MR) is 204 cm³/mol. The van der Waals surface area contributed by atoms with Gasteiger partial charge in [0.25, 0.3) is 0 Å². The van der Waals surface area contributed by atoms with E-state index in [9.17, 15) is 9.59 Å². The van der Waals surface area contributed by atoms with Crippen LogP contribution in [0.3, 0.4) is 0 Å². The first-order valence-electron chi connectivity index (χ1n) is 17.2. The molecule has 272 valence electrons. The Kier molecular flexibility index (Phi) is 11.0. The summed E-state index contributed by atoms with van der Waals surface area (Å²) in [5, 5.41) is 6.73. The highest BCUT2D eigenvalue weighted by molar-refractivity contribution is 6.39. The monoisotopic (exact) mass is 743 g/mol. The summed E-state index contributed by atoms with van der Waals surface area (Å²) in [6, 6.07) is 13.5. The smallest absolute Gasteiger partial charge is 0.407 e. The second-order valence-corrected chi connectivity index (χ2v) is 14.9. The molecule has 52 heavy (non-hydrogen) atoms. The number of aryl methyl sites for hydroxylation is 1. The van der Waals surface area contributed by atoms with E-state index in [4.69, 9.17) is 42.6 Å². The van der Waals surface area contributed by atoms with Crippen molar-refractivity contribution in [3.63, 3.8) is 0 Å². The van der Waals surface area contributed by atoms with E-state index in [1.165, 1.54) is 7.11 Å². The quantitative estimate of drug-likeness (QED) is 0.157. The van der Waals surface area contributed by atoms with Crippen LogP contribution >= 0.6 is 23.2 Å². The lowest BCUT2D eigenvalue weighted by atomic mass is 9.99. The Morgan fingerprint density at radius 1 is 0.981 bits per heavy atom. The molecule has 5 heterocycles. The number of halogens is 2. The van der Waals surface area contributed by atoms with Crippen LogP contribution in [0, 0.1) is 0 Å². The van der Waals surface area contributed by atoms with E-state index in [2.05, 4.69) is 37.3 Å². The lowest BCUT2D eigenvalue weighted by molar-refractivity contribution is -0.120. The molecular weight excluding hydrogens is 701 g/mol. The summed E-state index contributed by atoms with van der Waals surface area (Å²) in [6.45, 7) is 9.81. The summed E-state index contributed by atoms with van der Waals surface area (Å²) in [4.78, 5) is 40.3. The average Bonchev–Trinajstić information content (AvgIpc) is 3.41. The summed E-state index contributed by atoms with van der Waals surface area (Å²) in [5.41, 5.74) is 7.35. The predicted octanol–water partition coefficient (Wildman–Crippen LogP) is 7.80. The molecule has 1 aliphatic rings. The molecule has 0 aliphatic carbocycles. The van der Waals surface area contributed by atoms with Gasteiger partial charge in [0.1, 0.15) is 6.61 Å². The van der Waals surface area contributed by atoms with Gasteiger partial charge >= 0.3 is 6.09 Å². The van der Waals surface area contributed by atoms with E-state index in [0.29, 0.717) is 38.4 Å². The molecule has 0 unspecified atom stereocenters. The molecule has 0 saturated carbocycles. The topological polar surface area (TPSA) is 124 Å². The van der Waals surface area contributed by atoms with Crippen LogP contribution in [-0.4, -0.2) is 68.2 Å². The SMILES string of the molecule is COc1nc(-c2cccc(-c3ccnc(-c4cnc5c(CN6CCC(NC(C)=O)CC6)cn(C)c5c4)c3Cl)c2Cl)ccc1COC(=O)NC(C)(C)C. The van der Waals surface area contributed by atoms with Gasteiger partial charge < -0.3 is 24.7 Å². The zero-order chi connectivity index (χ0) is 37.2. The molecule has 5 aromatic rings. The molecule has 1 fully saturated rings. The van der Waals surface area contributed by atoms with Gasteiger partial charge in [-0.1, -0.05) is 41.4 Å². The molecule has 2 N–H and O–H groups in total. The number of likely N-dealkylation sites (tertiary alicyclic amines) is 1. The molecular formula is C39H43Cl2N7O4. The minimum absolute atomic E-state index is 0.00776. The number of alkyl carbamates (subject to hydrolysis) is 1. The Labute approximate surface area is 313 Å². The van der Waals surface area contributed by atoms with Crippen molar-refractivity contribution >= 4 is 46.2 Å². The van der Waals surface area contributed by atoms with Crippen molar-refractivity contribution in [2.45, 2.75) is 65.3 Å². The number of fused-ring (bicyclic) bond motifs is 1. The fourth-order valence-electron chi connectivity index (χ4n) is 6.53. The first-order valence-corrected chi connectivity index (χ1v) is 17.9. The van der Waals surface area contributed by atoms with E-state index >= 15 is 0 Å². The summed E-state index contributed by atoms with van der Waals surface area (Å²) in [6.07, 6.45) is 7.00. The molecule has 0 spiro atoms. The van der Waals surface area contributed by atoms with Crippen LogP contribution in [0.15, 0.2) is 61.1 Å². The number of piperidine rings is 1. The molecule has 13 heteroatoms. The van der Waals surface area contributed by atoms with E-state index in [-0.39, 0.29) is 18.6 Å². The lowest BCUT2D eigenvalue weighted by Gasteiger charge is -2.31. The number of nitrogens with one attached hydrogen (secondary N) is 2. The number of rotatable bonds is 9. The third kappa shape index (κ3) is 8.33. The van der Waals surface area contributed by atoms with Crippen molar-refractivity contribution in [2.24, 2.45) is 7.05 Å². The molecule has 1 saturated heterocycles. The van der Waals surface area contributed by atoms with Gasteiger partial charge in [-0.05, 0) is 57.9 Å². The minimum atomic E-state index is -0.528. The van der Waals surface area contributed by atoms with Crippen LogP contribution in [0.25, 0.3) is 44.7 Å². The number of amides is 2. The van der Waals surface area contributed by atoms with Gasteiger partial charge in [0.05, 0.1) is 45.1 Å². The Bertz CT molecular complexity index is 2120. The molecule has 11 nitrogen and oxygen atoms in total. The van der Waals surface area contributed by atoms with Crippen LogP contribution in [0.5, 0.6) is 5.88 Å². The van der Waals surface area contributed by atoms with Crippen molar-refractivity contribution in [3.8, 4) is 39.5 Å². The molecule has 1 aromatic carbocycles. The summed E-state index contributed by atoms with van der Waals surface area (Å²) >= 11 is 14.2. The normalized spacial score (nSPS) is 14.0. The highest BCUT2D eigenvalue weighted by Gasteiger charge is 2.23. The number of pyridine rings is 3. The summed E-state index contributed by atoms with van der Waals surface area (Å²) in [5.74, 6) is 0.349. The molecule has 6 rings (SSSR count). The standard InChI is InChI=1S/C39H43Cl2N7O4/c1-23(49)44-27-13-16-48(17-14-27)21-26-20-47(5)32-18-25(19-43-35(26)32)36-34(41)29(12-15-42-36)28-8-7-9-30(33(28)40)31-11-10-24(37(45-31)51-6)22-52-38(50)46-39(2,3)4/h7-12,15,18-20,27H,13-14,16-17,21-22H2,1-6H3,(H,44,49)(H,46,50). The highest BCUT2D eigenvalue weighted by atomic mass is 35.5. The van der Waals surface area contributed by atoms with Crippen molar-refractivity contribution < 1.29 is 19.1 Å². The summed E-state index contributed by atoms with van der Waals surface area (Å²) < 4.78 is 13.0. The minimum Gasteiger partial charge on any atom is -0.481 e. The van der Waals surface area contributed by atoms with Crippen LogP contribution < -0.4 is 15.4 Å². The van der Waals surface area contributed by atoms with Crippen LogP contribution in [0.2, 0.25) is 10.0 Å². The van der Waals surface area contributed by atoms with Gasteiger partial charge in [-0.25, -0.2) is 9.78 Å². The third-order valence-corrected chi connectivity index (χ3v) is 9.78. The maximum atomic E-state index is 12.2. The number of ether oxygens (including phenoxy) is 2. The van der Waals surface area contributed by atoms with E-state index in [0.717, 1.165) is 65.8 Å². The van der Waals surface area contributed by atoms with Gasteiger partial charge in [-0.15, -0.1) is 0 Å². The zero-order valence-corrected chi connectivity index (χ0v) is 31.7. The van der Waals surface area contributed by atoms with E-state index < -0.39 is 11.6 Å². The molecule has 4 aromatic heterocycles. The second kappa shape index (κ2) is 15.5. The van der Waals surface area contributed by atoms with Gasteiger partial charge in [-0.2, -0.15) is 0 Å². The van der Waals surface area contributed by atoms with E-state index in [1.807, 2.05) is 64.3 Å². The fourth-order valence-corrected chi connectivity index (χ4v) is 7.17. The number of hydrogen-bond donors (Lipinski definition) is 2. The van der Waals surface area contributed by atoms with Gasteiger partial charge in [0, 0.05) is 91.6 Å². The van der Waals surface area contributed by atoms with Crippen LogP contribution in [0.1, 0.15) is 51.7 Å². The number of benzene rings is 1. The van der Waals surface area contributed by atoms with Crippen LogP contribution in [-0.2, 0) is 29.7 Å². The number of carbonyl (C=O) groups excluding carboxylic acids is 2. The largest absolute Gasteiger partial charge is 0.481 e.